The highest BCUT2D eigenvalue weighted by atomic mass is 35.5. The van der Waals surface area contributed by atoms with E-state index in [1.165, 1.54) is 11.3 Å². The summed E-state index contributed by atoms with van der Waals surface area (Å²) in [7, 11) is -1.34. The largest absolute Gasteiger partial charge is 0.301 e. The van der Waals surface area contributed by atoms with Crippen LogP contribution in [0.4, 0.5) is 0 Å². The van der Waals surface area contributed by atoms with Crippen LogP contribution in [0.1, 0.15) is 17.4 Å². The van der Waals surface area contributed by atoms with Gasteiger partial charge in [-0.15, -0.1) is 22.9 Å². The normalized spacial score (nSPS) is 22.8. The number of rotatable bonds is 3. The predicted octanol–water partition coefficient (Wildman–Crippen LogP) is 2.12. The predicted molar refractivity (Wildman–Crippen MR) is 79.5 cm³/mol. The Kier molecular flexibility index (Phi) is 4.57. The molecular formula is C12H19ClN2O2S2. The number of hydrogen-bond donors (Lipinski definition) is 0. The van der Waals surface area contributed by atoms with E-state index < -0.39 is 10.0 Å². The summed E-state index contributed by atoms with van der Waals surface area (Å²) in [5.74, 6) is 0.366. The van der Waals surface area contributed by atoms with Gasteiger partial charge >= 0.3 is 0 Å². The number of halogens is 1. The molecule has 1 saturated heterocycles. The molecule has 2 rings (SSSR count). The minimum absolute atomic E-state index is 0.247. The smallest absolute Gasteiger partial charge is 0.252 e. The van der Waals surface area contributed by atoms with E-state index in [2.05, 4.69) is 4.90 Å². The first kappa shape index (κ1) is 15.3. The van der Waals surface area contributed by atoms with Gasteiger partial charge in [0.2, 0.25) is 0 Å². The van der Waals surface area contributed by atoms with Crippen LogP contribution in [-0.2, 0) is 15.9 Å². The summed E-state index contributed by atoms with van der Waals surface area (Å²) in [6, 6.07) is 1.98. The molecule has 1 aliphatic rings. The molecular weight excluding hydrogens is 304 g/mol. The molecule has 4 nitrogen and oxygen atoms in total. The lowest BCUT2D eigenvalue weighted by molar-refractivity contribution is 0.160. The Labute approximate surface area is 124 Å². The van der Waals surface area contributed by atoms with Crippen molar-refractivity contribution in [1.29, 1.82) is 0 Å². The molecule has 0 aromatic carbocycles. The first-order chi connectivity index (χ1) is 8.86. The summed E-state index contributed by atoms with van der Waals surface area (Å²) in [6.45, 7) is 5.82. The fourth-order valence-corrected chi connectivity index (χ4v) is 5.59. The highest BCUT2D eigenvalue weighted by Gasteiger charge is 2.32. The van der Waals surface area contributed by atoms with E-state index in [1.807, 2.05) is 20.9 Å². The van der Waals surface area contributed by atoms with Gasteiger partial charge in [-0.05, 0) is 32.5 Å². The van der Waals surface area contributed by atoms with Gasteiger partial charge in [-0.3, -0.25) is 0 Å². The molecule has 0 spiro atoms. The zero-order chi connectivity index (χ0) is 14.2. The quantitative estimate of drug-likeness (QED) is 0.800. The van der Waals surface area contributed by atoms with Crippen molar-refractivity contribution in [2.24, 2.45) is 0 Å². The van der Waals surface area contributed by atoms with Gasteiger partial charge in [0.05, 0.1) is 5.88 Å². The third kappa shape index (κ3) is 2.97. The molecule has 1 unspecified atom stereocenters. The van der Waals surface area contributed by atoms with E-state index >= 15 is 0 Å². The molecule has 0 amide bonds. The highest BCUT2D eigenvalue weighted by molar-refractivity contribution is 7.91. The summed E-state index contributed by atoms with van der Waals surface area (Å²) in [6.07, 6.45) is 0. The van der Waals surface area contributed by atoms with Crippen LogP contribution in [0.2, 0.25) is 0 Å². The number of hydrogen-bond acceptors (Lipinski definition) is 4. The summed E-state index contributed by atoms with van der Waals surface area (Å²) in [5.41, 5.74) is 0.959. The molecule has 7 heteroatoms. The number of thiophene rings is 1. The van der Waals surface area contributed by atoms with Crippen molar-refractivity contribution in [3.63, 3.8) is 0 Å². The highest BCUT2D eigenvalue weighted by Crippen LogP contribution is 2.30. The van der Waals surface area contributed by atoms with Crippen LogP contribution in [0.5, 0.6) is 0 Å². The van der Waals surface area contributed by atoms with Gasteiger partial charge in [-0.25, -0.2) is 8.42 Å². The number of aryl methyl sites for hydroxylation is 1. The Morgan fingerprint density at radius 1 is 1.47 bits per heavy atom. The summed E-state index contributed by atoms with van der Waals surface area (Å²) in [4.78, 5) is 3.11. The Bertz CT molecular complexity index is 556. The SMILES string of the molecule is Cc1cc(S(=O)(=O)N2CCN(C)C(C)C2)sc1CCl. The molecule has 0 aliphatic carbocycles. The van der Waals surface area contributed by atoms with Crippen LogP contribution in [0.3, 0.4) is 0 Å². The number of piperazine rings is 1. The zero-order valence-corrected chi connectivity index (χ0v) is 13.8. The van der Waals surface area contributed by atoms with Crippen molar-refractivity contribution in [3.05, 3.63) is 16.5 Å². The zero-order valence-electron chi connectivity index (χ0n) is 11.4. The lowest BCUT2D eigenvalue weighted by Crippen LogP contribution is -2.51. The fraction of sp³-hybridized carbons (Fsp3) is 0.667. The summed E-state index contributed by atoms with van der Waals surface area (Å²) < 4.78 is 27.2. The summed E-state index contributed by atoms with van der Waals surface area (Å²) in [5, 5.41) is 0. The van der Waals surface area contributed by atoms with E-state index in [0.717, 1.165) is 17.0 Å². The monoisotopic (exact) mass is 322 g/mol. The molecule has 1 aromatic heterocycles. The molecule has 108 valence electrons. The number of alkyl halides is 1. The van der Waals surface area contributed by atoms with Gasteiger partial charge in [0, 0.05) is 30.6 Å². The maximum absolute atomic E-state index is 12.6. The van der Waals surface area contributed by atoms with Crippen molar-refractivity contribution in [3.8, 4) is 0 Å². The first-order valence-electron chi connectivity index (χ1n) is 6.22. The first-order valence-corrected chi connectivity index (χ1v) is 9.01. The van der Waals surface area contributed by atoms with Gasteiger partial charge < -0.3 is 4.90 Å². The molecule has 0 radical (unpaired) electrons. The third-order valence-electron chi connectivity index (χ3n) is 3.64. The van der Waals surface area contributed by atoms with Crippen LogP contribution in [0.15, 0.2) is 10.3 Å². The molecule has 0 N–H and O–H groups in total. The van der Waals surface area contributed by atoms with Crippen LogP contribution < -0.4 is 0 Å². The molecule has 0 saturated carbocycles. The average Bonchev–Trinajstić information content (AvgIpc) is 2.74. The van der Waals surface area contributed by atoms with Crippen molar-refractivity contribution >= 4 is 33.0 Å². The Balaban J connectivity index is 2.27. The van der Waals surface area contributed by atoms with Gasteiger partial charge in [0.25, 0.3) is 10.0 Å². The molecule has 1 atom stereocenters. The van der Waals surface area contributed by atoms with Crippen molar-refractivity contribution in [2.75, 3.05) is 26.7 Å². The van der Waals surface area contributed by atoms with Crippen LogP contribution in [-0.4, -0.2) is 50.3 Å². The number of sulfonamides is 1. The maximum Gasteiger partial charge on any atom is 0.252 e. The number of nitrogens with zero attached hydrogens (tertiary/aromatic N) is 2. The van der Waals surface area contributed by atoms with Crippen molar-refractivity contribution in [1.82, 2.24) is 9.21 Å². The van der Waals surface area contributed by atoms with Crippen molar-refractivity contribution < 1.29 is 8.42 Å². The average molecular weight is 323 g/mol. The van der Waals surface area contributed by atoms with Crippen molar-refractivity contribution in [2.45, 2.75) is 30.0 Å². The maximum atomic E-state index is 12.6. The Morgan fingerprint density at radius 3 is 2.68 bits per heavy atom. The molecule has 1 aliphatic heterocycles. The lowest BCUT2D eigenvalue weighted by atomic mass is 10.2. The third-order valence-corrected chi connectivity index (χ3v) is 7.61. The second-order valence-electron chi connectivity index (χ2n) is 5.00. The van der Waals surface area contributed by atoms with E-state index in [1.54, 1.807) is 10.4 Å². The molecule has 1 fully saturated rings. The van der Waals surface area contributed by atoms with Crippen LogP contribution >= 0.6 is 22.9 Å². The second kappa shape index (κ2) is 5.69. The Morgan fingerprint density at radius 2 is 2.16 bits per heavy atom. The van der Waals surface area contributed by atoms with Crippen LogP contribution in [0.25, 0.3) is 0 Å². The summed E-state index contributed by atoms with van der Waals surface area (Å²) >= 11 is 7.11. The number of likely N-dealkylation sites (N-methyl/N-ethyl adjacent to an activating group) is 1. The Hall–Kier alpha value is -0.140. The van der Waals surface area contributed by atoms with Gasteiger partial charge in [-0.1, -0.05) is 0 Å². The van der Waals surface area contributed by atoms with Gasteiger partial charge in [0.1, 0.15) is 4.21 Å². The molecule has 19 heavy (non-hydrogen) atoms. The minimum atomic E-state index is -3.36. The fourth-order valence-electron chi connectivity index (χ4n) is 2.11. The van der Waals surface area contributed by atoms with E-state index in [9.17, 15) is 8.42 Å². The topological polar surface area (TPSA) is 40.6 Å². The van der Waals surface area contributed by atoms with Gasteiger partial charge in [0.15, 0.2) is 0 Å². The molecule has 2 heterocycles. The molecule has 1 aromatic rings. The van der Waals surface area contributed by atoms with Gasteiger partial charge in [-0.2, -0.15) is 4.31 Å². The van der Waals surface area contributed by atoms with E-state index in [0.29, 0.717) is 23.2 Å². The minimum Gasteiger partial charge on any atom is -0.301 e. The van der Waals surface area contributed by atoms with Crippen LogP contribution in [0, 0.1) is 6.92 Å². The van der Waals surface area contributed by atoms with E-state index in [4.69, 9.17) is 11.6 Å². The lowest BCUT2D eigenvalue weighted by Gasteiger charge is -2.36. The van der Waals surface area contributed by atoms with E-state index in [-0.39, 0.29) is 6.04 Å². The standard InChI is InChI=1S/C12H19ClN2O2S2/c1-9-6-12(18-11(9)7-13)19(16,17)15-5-4-14(3)10(2)8-15/h6,10H,4-5,7-8H2,1-3H3. The second-order valence-corrected chi connectivity index (χ2v) is 8.57. The molecule has 0 bridgehead atoms.